The van der Waals surface area contributed by atoms with Gasteiger partial charge in [0, 0.05) is 45.7 Å². The van der Waals surface area contributed by atoms with Crippen molar-refractivity contribution < 1.29 is 4.52 Å². The molecule has 0 amide bonds. The maximum Gasteiger partial charge on any atom is 0.240 e. The van der Waals surface area contributed by atoms with Crippen molar-refractivity contribution in [3.8, 4) is 0 Å². The van der Waals surface area contributed by atoms with Crippen LogP contribution in [0.5, 0.6) is 0 Å². The molecule has 0 aliphatic carbocycles. The Morgan fingerprint density at radius 1 is 1.37 bits per heavy atom. The first-order chi connectivity index (χ1) is 9.28. The van der Waals surface area contributed by atoms with Crippen LogP contribution in [-0.4, -0.2) is 66.3 Å². The fourth-order valence-electron chi connectivity index (χ4n) is 2.24. The van der Waals surface area contributed by atoms with Gasteiger partial charge in [-0.1, -0.05) is 12.1 Å². The minimum Gasteiger partial charge on any atom is -0.338 e. The van der Waals surface area contributed by atoms with E-state index in [9.17, 15) is 0 Å². The fourth-order valence-corrected chi connectivity index (χ4v) is 2.24. The fraction of sp³-hybridized carbons (Fsp3) is 0.846. The molecule has 2 rings (SSSR count). The van der Waals surface area contributed by atoms with Gasteiger partial charge in [-0.15, -0.1) is 0 Å². The van der Waals surface area contributed by atoms with Crippen molar-refractivity contribution in [2.75, 3.05) is 46.3 Å². The molecule has 0 bridgehead atoms. The lowest BCUT2D eigenvalue weighted by atomic mass is 10.3. The van der Waals surface area contributed by atoms with E-state index in [1.54, 1.807) is 0 Å². The summed E-state index contributed by atoms with van der Waals surface area (Å²) in [5.41, 5.74) is 0. The second kappa shape index (κ2) is 7.57. The van der Waals surface area contributed by atoms with E-state index in [4.69, 9.17) is 4.52 Å². The highest BCUT2D eigenvalue weighted by atomic mass is 16.5. The molecule has 1 aliphatic heterocycles. The van der Waals surface area contributed by atoms with E-state index in [1.165, 1.54) is 0 Å². The molecule has 1 aliphatic rings. The Balaban J connectivity index is 1.69. The summed E-state index contributed by atoms with van der Waals surface area (Å²) >= 11 is 0. The van der Waals surface area contributed by atoms with E-state index in [2.05, 4.69) is 39.2 Å². The second-order valence-electron chi connectivity index (χ2n) is 5.18. The average Bonchev–Trinajstić information content (AvgIpc) is 2.85. The highest BCUT2D eigenvalue weighted by Gasteiger charge is 2.12. The van der Waals surface area contributed by atoms with Crippen LogP contribution in [-0.2, 0) is 13.0 Å². The average molecular weight is 267 g/mol. The molecular weight excluding hydrogens is 242 g/mol. The lowest BCUT2D eigenvalue weighted by molar-refractivity contribution is 0.192. The Labute approximate surface area is 115 Å². The summed E-state index contributed by atoms with van der Waals surface area (Å²) in [6, 6.07) is 0. The number of nitrogens with zero attached hydrogens (tertiary/aromatic N) is 4. The Morgan fingerprint density at radius 2 is 2.16 bits per heavy atom. The first-order valence-electron chi connectivity index (χ1n) is 7.21. The summed E-state index contributed by atoms with van der Waals surface area (Å²) in [7, 11) is 2.10. The number of hydrogen-bond acceptors (Lipinski definition) is 6. The summed E-state index contributed by atoms with van der Waals surface area (Å²) in [6.45, 7) is 9.50. The van der Waals surface area contributed by atoms with Gasteiger partial charge in [0.25, 0.3) is 0 Å². The smallest absolute Gasteiger partial charge is 0.240 e. The van der Waals surface area contributed by atoms with Gasteiger partial charge in [0.05, 0.1) is 6.54 Å². The van der Waals surface area contributed by atoms with Crippen LogP contribution in [0.25, 0.3) is 0 Å². The van der Waals surface area contributed by atoms with Crippen LogP contribution < -0.4 is 5.32 Å². The van der Waals surface area contributed by atoms with Gasteiger partial charge in [-0.3, -0.25) is 9.80 Å². The summed E-state index contributed by atoms with van der Waals surface area (Å²) in [4.78, 5) is 9.12. The first-order valence-corrected chi connectivity index (χ1v) is 7.21. The predicted molar refractivity (Wildman–Crippen MR) is 73.9 cm³/mol. The third kappa shape index (κ3) is 4.89. The van der Waals surface area contributed by atoms with Gasteiger partial charge < -0.3 is 9.84 Å². The van der Waals surface area contributed by atoms with Crippen molar-refractivity contribution in [1.82, 2.24) is 25.3 Å². The maximum absolute atomic E-state index is 5.25. The van der Waals surface area contributed by atoms with Crippen LogP contribution >= 0.6 is 0 Å². The van der Waals surface area contributed by atoms with Gasteiger partial charge >= 0.3 is 0 Å². The molecule has 1 N–H and O–H groups in total. The Bertz CT molecular complexity index is 362. The Morgan fingerprint density at radius 3 is 2.89 bits per heavy atom. The van der Waals surface area contributed by atoms with E-state index in [0.717, 1.165) is 70.4 Å². The van der Waals surface area contributed by atoms with E-state index < -0.39 is 0 Å². The summed E-state index contributed by atoms with van der Waals surface area (Å²) in [6.07, 6.45) is 1.95. The quantitative estimate of drug-likeness (QED) is 0.770. The molecule has 0 aromatic carbocycles. The molecule has 0 radical (unpaired) electrons. The van der Waals surface area contributed by atoms with Gasteiger partial charge in [-0.2, -0.15) is 4.98 Å². The zero-order valence-electron chi connectivity index (χ0n) is 12.1. The number of aryl methyl sites for hydroxylation is 1. The van der Waals surface area contributed by atoms with Gasteiger partial charge in [0.15, 0.2) is 5.82 Å². The topological polar surface area (TPSA) is 57.4 Å². The molecule has 6 heteroatoms. The minimum atomic E-state index is 0.728. The lowest BCUT2D eigenvalue weighted by Gasteiger charge is -2.28. The normalized spacial score (nSPS) is 17.2. The summed E-state index contributed by atoms with van der Waals surface area (Å²) in [5, 5.41) is 7.35. The van der Waals surface area contributed by atoms with Gasteiger partial charge in [0.1, 0.15) is 0 Å². The molecule has 108 valence electrons. The zero-order valence-corrected chi connectivity index (χ0v) is 12.1. The highest BCUT2D eigenvalue weighted by molar-refractivity contribution is 4.86. The molecule has 0 saturated carbocycles. The van der Waals surface area contributed by atoms with Crippen LogP contribution in [0.15, 0.2) is 4.52 Å². The monoisotopic (exact) mass is 267 g/mol. The molecular formula is C13H25N5O. The minimum absolute atomic E-state index is 0.728. The van der Waals surface area contributed by atoms with E-state index >= 15 is 0 Å². The number of piperazine rings is 1. The molecule has 2 heterocycles. The second-order valence-corrected chi connectivity index (χ2v) is 5.18. The molecule has 1 saturated heterocycles. The molecule has 0 atom stereocenters. The van der Waals surface area contributed by atoms with Gasteiger partial charge in [-0.05, 0) is 13.5 Å². The van der Waals surface area contributed by atoms with Gasteiger partial charge in [-0.25, -0.2) is 0 Å². The number of hydrogen-bond donors (Lipinski definition) is 1. The number of likely N-dealkylation sites (N-methyl/N-ethyl adjacent to an activating group) is 1. The molecule has 1 aromatic heterocycles. The summed E-state index contributed by atoms with van der Waals surface area (Å²) < 4.78 is 5.25. The van der Waals surface area contributed by atoms with E-state index in [0.29, 0.717) is 0 Å². The maximum atomic E-state index is 5.25. The van der Waals surface area contributed by atoms with Crippen LogP contribution in [0, 0.1) is 0 Å². The standard InChI is InChI=1S/C13H25N5O/c1-3-4-12-15-13(19-16-12)11-17(2)9-10-18-7-5-14-6-8-18/h14H,3-11H2,1-2H3. The van der Waals surface area contributed by atoms with Crippen LogP contribution in [0.4, 0.5) is 0 Å². The molecule has 6 nitrogen and oxygen atoms in total. The molecule has 1 fully saturated rings. The molecule has 1 aromatic rings. The molecule has 19 heavy (non-hydrogen) atoms. The van der Waals surface area contributed by atoms with Crippen LogP contribution in [0.1, 0.15) is 25.1 Å². The van der Waals surface area contributed by atoms with Crippen LogP contribution in [0.3, 0.4) is 0 Å². The van der Waals surface area contributed by atoms with Crippen molar-refractivity contribution in [2.45, 2.75) is 26.3 Å². The largest absolute Gasteiger partial charge is 0.338 e. The Hall–Kier alpha value is -0.980. The SMILES string of the molecule is CCCc1noc(CN(C)CCN2CCNCC2)n1. The van der Waals surface area contributed by atoms with E-state index in [-0.39, 0.29) is 0 Å². The van der Waals surface area contributed by atoms with E-state index in [1.807, 2.05) is 0 Å². The number of rotatable bonds is 7. The third-order valence-corrected chi connectivity index (χ3v) is 3.40. The van der Waals surface area contributed by atoms with Gasteiger partial charge in [0.2, 0.25) is 5.89 Å². The predicted octanol–water partition coefficient (Wildman–Crippen LogP) is 0.359. The molecule has 0 spiro atoms. The van der Waals surface area contributed by atoms with Crippen molar-refractivity contribution in [3.63, 3.8) is 0 Å². The zero-order chi connectivity index (χ0) is 13.5. The number of aromatic nitrogens is 2. The van der Waals surface area contributed by atoms with Crippen molar-refractivity contribution in [1.29, 1.82) is 0 Å². The number of nitrogens with one attached hydrogen (secondary N) is 1. The third-order valence-electron chi connectivity index (χ3n) is 3.40. The lowest BCUT2D eigenvalue weighted by Crippen LogP contribution is -2.45. The highest BCUT2D eigenvalue weighted by Crippen LogP contribution is 2.03. The van der Waals surface area contributed by atoms with Crippen molar-refractivity contribution in [3.05, 3.63) is 11.7 Å². The van der Waals surface area contributed by atoms with Crippen molar-refractivity contribution >= 4 is 0 Å². The first kappa shape index (κ1) is 14.4. The molecule has 0 unspecified atom stereocenters. The summed E-state index contributed by atoms with van der Waals surface area (Å²) in [5.74, 6) is 1.55. The van der Waals surface area contributed by atoms with Crippen LogP contribution in [0.2, 0.25) is 0 Å². The van der Waals surface area contributed by atoms with Crippen molar-refractivity contribution in [2.24, 2.45) is 0 Å². The Kier molecular flexibility index (Phi) is 5.75.